The highest BCUT2D eigenvalue weighted by atomic mass is 32.1. The molecular formula is C32H39NO9S. The highest BCUT2D eigenvalue weighted by molar-refractivity contribution is 7.20. The predicted octanol–water partition coefficient (Wildman–Crippen LogP) is 5.36. The van der Waals surface area contributed by atoms with E-state index in [9.17, 15) is 24.6 Å². The van der Waals surface area contributed by atoms with E-state index in [1.165, 1.54) is 18.3 Å². The van der Waals surface area contributed by atoms with Crippen LogP contribution in [0.3, 0.4) is 0 Å². The predicted molar refractivity (Wildman–Crippen MR) is 162 cm³/mol. The van der Waals surface area contributed by atoms with Gasteiger partial charge in [0.1, 0.15) is 12.0 Å². The first-order valence-electron chi connectivity index (χ1n) is 14.3. The molecule has 3 N–H and O–H groups in total. The summed E-state index contributed by atoms with van der Waals surface area (Å²) in [5, 5.41) is 29.7. The number of aryl methyl sites for hydroxylation is 1. The smallest absolute Gasteiger partial charge is 0.306 e. The minimum absolute atomic E-state index is 0.0517. The number of Topliss-reactive ketones (excluding diaryl/α,β-unsaturated/α-hetero) is 1. The largest absolute Gasteiger partial charge is 0.496 e. The van der Waals surface area contributed by atoms with Crippen molar-refractivity contribution in [3.05, 3.63) is 51.9 Å². The van der Waals surface area contributed by atoms with Crippen LogP contribution in [0.2, 0.25) is 0 Å². The molecular weight excluding hydrogens is 574 g/mol. The molecule has 3 aromatic rings. The number of carboxylic acids is 2. The van der Waals surface area contributed by atoms with Gasteiger partial charge < -0.3 is 29.5 Å². The number of aliphatic hydroxyl groups is 1. The molecule has 1 unspecified atom stereocenters. The van der Waals surface area contributed by atoms with Crippen LogP contribution in [0.5, 0.6) is 17.2 Å². The van der Waals surface area contributed by atoms with E-state index >= 15 is 0 Å². The Hall–Kier alpha value is -3.67. The minimum atomic E-state index is -0.993. The normalized spacial score (nSPS) is 15.1. The average Bonchev–Trinajstić information content (AvgIpc) is 3.59. The number of methoxy groups -OCH3 is 2. The number of carbonyl (C=O) groups excluding carboxylic acids is 1. The van der Waals surface area contributed by atoms with Gasteiger partial charge in [-0.2, -0.15) is 0 Å². The van der Waals surface area contributed by atoms with E-state index in [2.05, 4.69) is 6.07 Å². The van der Waals surface area contributed by atoms with Crippen molar-refractivity contribution >= 4 is 39.1 Å². The van der Waals surface area contributed by atoms with Crippen molar-refractivity contribution in [2.45, 2.75) is 65.3 Å². The highest BCUT2D eigenvalue weighted by Crippen LogP contribution is 2.38. The summed E-state index contributed by atoms with van der Waals surface area (Å²) in [5.41, 5.74) is 3.25. The lowest BCUT2D eigenvalue weighted by Gasteiger charge is -2.23. The van der Waals surface area contributed by atoms with Crippen LogP contribution in [0.4, 0.5) is 0 Å². The second-order valence-electron chi connectivity index (χ2n) is 11.1. The van der Waals surface area contributed by atoms with Gasteiger partial charge in [0.2, 0.25) is 0 Å². The fraction of sp³-hybridized carbons (Fsp3) is 0.469. The Morgan fingerprint density at radius 1 is 0.884 bits per heavy atom. The number of hydrogen-bond acceptors (Lipinski definition) is 9. The van der Waals surface area contributed by atoms with Gasteiger partial charge in [-0.05, 0) is 66.0 Å². The Morgan fingerprint density at radius 3 is 2.21 bits per heavy atom. The molecule has 0 fully saturated rings. The van der Waals surface area contributed by atoms with E-state index < -0.39 is 30.0 Å². The summed E-state index contributed by atoms with van der Waals surface area (Å²) < 4.78 is 18.1. The zero-order valence-corrected chi connectivity index (χ0v) is 25.7. The third-order valence-electron chi connectivity index (χ3n) is 7.85. The summed E-state index contributed by atoms with van der Waals surface area (Å²) in [6.07, 6.45) is 1.69. The van der Waals surface area contributed by atoms with Gasteiger partial charge in [-0.1, -0.05) is 19.9 Å². The van der Waals surface area contributed by atoms with E-state index in [1.807, 2.05) is 23.1 Å². The summed E-state index contributed by atoms with van der Waals surface area (Å²) in [5.74, 6) is -1.54. The summed E-state index contributed by atoms with van der Waals surface area (Å²) >= 11 is 1.31. The van der Waals surface area contributed by atoms with Gasteiger partial charge >= 0.3 is 11.9 Å². The number of nitrogens with zero attached hydrogens (tertiary/aromatic N) is 1. The number of benzene rings is 2. The topological polar surface area (TPSA) is 143 Å². The molecule has 0 saturated heterocycles. The number of ether oxygens (including phenoxy) is 3. The van der Waals surface area contributed by atoms with Gasteiger partial charge in [-0.15, -0.1) is 11.3 Å². The monoisotopic (exact) mass is 613 g/mol. The second kappa shape index (κ2) is 14.2. The Bertz CT molecular complexity index is 1480. The van der Waals surface area contributed by atoms with Crippen LogP contribution in [0.15, 0.2) is 30.3 Å². The molecule has 11 heteroatoms. The minimum Gasteiger partial charge on any atom is -0.496 e. The number of carbonyl (C=O) groups is 3. The molecule has 2 heterocycles. The van der Waals surface area contributed by atoms with Crippen molar-refractivity contribution in [3.8, 4) is 17.2 Å². The summed E-state index contributed by atoms with van der Waals surface area (Å²) in [7, 11) is 3.21. The summed E-state index contributed by atoms with van der Waals surface area (Å²) in [6, 6.07) is 9.59. The van der Waals surface area contributed by atoms with Crippen molar-refractivity contribution in [2.24, 2.45) is 11.8 Å². The third-order valence-corrected chi connectivity index (χ3v) is 8.98. The van der Waals surface area contributed by atoms with Gasteiger partial charge in [0, 0.05) is 30.3 Å². The molecule has 4 rings (SSSR count). The number of unbranched alkanes of at least 4 members (excludes halogenated alkanes) is 1. The first kappa shape index (κ1) is 32.2. The first-order chi connectivity index (χ1) is 20.5. The lowest BCUT2D eigenvalue weighted by atomic mass is 10.0. The highest BCUT2D eigenvalue weighted by Gasteiger charge is 2.28. The summed E-state index contributed by atoms with van der Waals surface area (Å²) in [4.78, 5) is 37.3. The van der Waals surface area contributed by atoms with E-state index in [0.29, 0.717) is 36.1 Å². The molecule has 43 heavy (non-hydrogen) atoms. The van der Waals surface area contributed by atoms with Crippen molar-refractivity contribution in [1.29, 1.82) is 0 Å². The maximum atomic E-state index is 12.6. The van der Waals surface area contributed by atoms with Gasteiger partial charge in [0.15, 0.2) is 17.3 Å². The average molecular weight is 614 g/mol. The van der Waals surface area contributed by atoms with E-state index in [4.69, 9.17) is 19.3 Å². The molecule has 0 bridgehead atoms. The number of aliphatic hydroxyl groups excluding tert-OH is 1. The Balaban J connectivity index is 1.33. The molecule has 1 aliphatic rings. The molecule has 10 nitrogen and oxygen atoms in total. The molecule has 0 amide bonds. The van der Waals surface area contributed by atoms with Crippen LogP contribution in [0.1, 0.15) is 65.9 Å². The Labute approximate surface area is 254 Å². The van der Waals surface area contributed by atoms with Gasteiger partial charge in [0.05, 0.1) is 37.5 Å². The molecule has 0 aliphatic carbocycles. The number of carboxylic acid groups (broad SMARTS) is 2. The van der Waals surface area contributed by atoms with Crippen LogP contribution in [-0.2, 0) is 29.1 Å². The van der Waals surface area contributed by atoms with Crippen LogP contribution in [-0.4, -0.2) is 65.0 Å². The lowest BCUT2D eigenvalue weighted by Crippen LogP contribution is -2.33. The summed E-state index contributed by atoms with van der Waals surface area (Å²) in [6.45, 7) is 4.68. The molecule has 232 valence electrons. The Morgan fingerprint density at radius 2 is 1.56 bits per heavy atom. The number of ketones is 1. The molecule has 0 radical (unpaired) electrons. The molecule has 1 aliphatic heterocycles. The molecule has 0 spiro atoms. The zero-order chi connectivity index (χ0) is 31.3. The van der Waals surface area contributed by atoms with E-state index in [0.717, 1.165) is 51.8 Å². The van der Waals surface area contributed by atoms with Crippen LogP contribution in [0.25, 0.3) is 10.1 Å². The second-order valence-corrected chi connectivity index (χ2v) is 12.2. The third kappa shape index (κ3) is 7.84. The molecule has 2 aromatic carbocycles. The van der Waals surface area contributed by atoms with Crippen molar-refractivity contribution in [3.63, 3.8) is 0 Å². The van der Waals surface area contributed by atoms with Crippen molar-refractivity contribution in [2.75, 3.05) is 20.8 Å². The number of thiophene rings is 1. The number of fused-ring (bicyclic) bond motifs is 2. The maximum absolute atomic E-state index is 12.6. The van der Waals surface area contributed by atoms with Crippen molar-refractivity contribution < 1.29 is 43.9 Å². The molecule has 3 atom stereocenters. The quantitative estimate of drug-likeness (QED) is 0.143. The van der Waals surface area contributed by atoms with Crippen LogP contribution < -0.4 is 14.2 Å². The van der Waals surface area contributed by atoms with E-state index in [-0.39, 0.29) is 18.6 Å². The van der Waals surface area contributed by atoms with Crippen LogP contribution in [0, 0.1) is 11.8 Å². The van der Waals surface area contributed by atoms with Crippen molar-refractivity contribution in [1.82, 2.24) is 4.90 Å². The first-order valence-corrected chi connectivity index (χ1v) is 15.2. The number of hydrogen-bond donors (Lipinski definition) is 3. The van der Waals surface area contributed by atoms with Gasteiger partial charge in [-0.3, -0.25) is 19.3 Å². The maximum Gasteiger partial charge on any atom is 0.306 e. The fourth-order valence-electron chi connectivity index (χ4n) is 5.19. The van der Waals surface area contributed by atoms with Gasteiger partial charge in [-0.25, -0.2) is 0 Å². The number of rotatable bonds is 16. The number of aliphatic carboxylic acids is 2. The fourth-order valence-corrected chi connectivity index (χ4v) is 6.21. The molecule has 0 saturated carbocycles. The SMILES string of the molecule is COc1cc2c(cc1CCCCOc1cc3cc(C(=O)C[C@H](C)C(=O)O)sc3cc1OC)CN(C(O)C[C@H](C)C(=O)O)C2. The Kier molecular flexibility index (Phi) is 10.6. The lowest BCUT2D eigenvalue weighted by molar-refractivity contribution is -0.143. The van der Waals surface area contributed by atoms with E-state index in [1.54, 1.807) is 27.2 Å². The van der Waals surface area contributed by atoms with Crippen LogP contribution >= 0.6 is 11.3 Å². The molecule has 1 aromatic heterocycles. The van der Waals surface area contributed by atoms with Gasteiger partial charge in [0.25, 0.3) is 0 Å². The standard InChI is InChI=1S/C32H39NO9S/c1-18(31(36)37)9-24(34)29-14-21-12-27(26(41-4)15-28(21)43-29)42-8-6-5-7-20-11-22-16-33(17-23(22)13-25(20)40-3)30(35)10-19(2)32(38)39/h11-15,18-19,30,35H,5-10,16-17H2,1-4H3,(H,36,37)(H,38,39)/t18-,19-,30?/m0/s1. The zero-order valence-electron chi connectivity index (χ0n) is 24.9.